The second-order valence-electron chi connectivity index (χ2n) is 6.73. The molecule has 1 fully saturated rings. The highest BCUT2D eigenvalue weighted by atomic mass is 127. The van der Waals surface area contributed by atoms with Gasteiger partial charge in [-0.3, -0.25) is 19.3 Å². The SMILES string of the molecule is COc1ccc(/C=C2/SC(=O)N(CC(=O)Nc3ccc(I)cc3)C2=O)c2ccccc12. The van der Waals surface area contributed by atoms with E-state index in [2.05, 4.69) is 27.9 Å². The lowest BCUT2D eigenvalue weighted by molar-refractivity contribution is -0.127. The minimum Gasteiger partial charge on any atom is -0.496 e. The summed E-state index contributed by atoms with van der Waals surface area (Å²) in [6, 6.07) is 18.6. The molecule has 8 heteroatoms. The van der Waals surface area contributed by atoms with Gasteiger partial charge in [-0.1, -0.05) is 30.3 Å². The third kappa shape index (κ3) is 4.59. The molecule has 0 saturated carbocycles. The van der Waals surface area contributed by atoms with Crippen molar-refractivity contribution < 1.29 is 19.1 Å². The summed E-state index contributed by atoms with van der Waals surface area (Å²) < 4.78 is 6.45. The molecule has 1 N–H and O–H groups in total. The maximum Gasteiger partial charge on any atom is 0.294 e. The van der Waals surface area contributed by atoms with E-state index in [9.17, 15) is 14.4 Å². The highest BCUT2D eigenvalue weighted by Crippen LogP contribution is 2.35. The molecule has 31 heavy (non-hydrogen) atoms. The third-order valence-electron chi connectivity index (χ3n) is 4.73. The van der Waals surface area contributed by atoms with Crippen molar-refractivity contribution in [2.75, 3.05) is 19.0 Å². The monoisotopic (exact) mass is 544 g/mol. The van der Waals surface area contributed by atoms with Gasteiger partial charge in [-0.2, -0.15) is 0 Å². The number of carbonyl (C=O) groups excluding carboxylic acids is 3. The second kappa shape index (κ2) is 9.11. The molecule has 0 radical (unpaired) electrons. The maximum atomic E-state index is 12.8. The van der Waals surface area contributed by atoms with Gasteiger partial charge in [-0.15, -0.1) is 0 Å². The van der Waals surface area contributed by atoms with Gasteiger partial charge in [0.05, 0.1) is 12.0 Å². The van der Waals surface area contributed by atoms with Gasteiger partial charge in [0.15, 0.2) is 0 Å². The zero-order valence-electron chi connectivity index (χ0n) is 16.4. The van der Waals surface area contributed by atoms with Crippen molar-refractivity contribution in [3.05, 3.63) is 74.7 Å². The van der Waals surface area contributed by atoms with Crippen molar-refractivity contribution >= 4 is 73.9 Å². The van der Waals surface area contributed by atoms with Crippen LogP contribution >= 0.6 is 34.4 Å². The summed E-state index contributed by atoms with van der Waals surface area (Å²) in [6.07, 6.45) is 1.68. The van der Waals surface area contributed by atoms with Gasteiger partial charge in [0.25, 0.3) is 11.1 Å². The number of halogens is 1. The van der Waals surface area contributed by atoms with Gasteiger partial charge in [0, 0.05) is 14.6 Å². The number of hydrogen-bond acceptors (Lipinski definition) is 5. The number of nitrogens with zero attached hydrogens (tertiary/aromatic N) is 1. The van der Waals surface area contributed by atoms with E-state index in [1.165, 1.54) is 0 Å². The van der Waals surface area contributed by atoms with Gasteiger partial charge in [0.1, 0.15) is 12.3 Å². The number of rotatable bonds is 5. The first kappa shape index (κ1) is 21.4. The summed E-state index contributed by atoms with van der Waals surface area (Å²) in [6.45, 7) is -0.336. The molecule has 0 spiro atoms. The van der Waals surface area contributed by atoms with Crippen LogP contribution in [0.15, 0.2) is 65.6 Å². The molecule has 3 amide bonds. The van der Waals surface area contributed by atoms with Crippen LogP contribution < -0.4 is 10.1 Å². The molecule has 0 atom stereocenters. The highest BCUT2D eigenvalue weighted by Gasteiger charge is 2.36. The average Bonchev–Trinajstić information content (AvgIpc) is 3.03. The molecule has 1 aliphatic heterocycles. The van der Waals surface area contributed by atoms with E-state index in [0.29, 0.717) is 5.69 Å². The average molecular weight is 544 g/mol. The fourth-order valence-electron chi connectivity index (χ4n) is 3.25. The maximum absolute atomic E-state index is 12.8. The molecule has 0 unspecified atom stereocenters. The zero-order chi connectivity index (χ0) is 22.0. The number of methoxy groups -OCH3 is 1. The summed E-state index contributed by atoms with van der Waals surface area (Å²) in [5.41, 5.74) is 1.41. The van der Waals surface area contributed by atoms with Crippen LogP contribution in [-0.4, -0.2) is 35.6 Å². The number of imide groups is 1. The second-order valence-corrected chi connectivity index (χ2v) is 8.96. The van der Waals surface area contributed by atoms with Crippen LogP contribution in [0.4, 0.5) is 10.5 Å². The number of carbonyl (C=O) groups is 3. The smallest absolute Gasteiger partial charge is 0.294 e. The Morgan fingerprint density at radius 1 is 1.06 bits per heavy atom. The number of benzene rings is 3. The van der Waals surface area contributed by atoms with Crippen LogP contribution in [0.1, 0.15) is 5.56 Å². The van der Waals surface area contributed by atoms with Crippen LogP contribution in [0.25, 0.3) is 16.8 Å². The number of anilines is 1. The Morgan fingerprint density at radius 3 is 2.48 bits per heavy atom. The van der Waals surface area contributed by atoms with Gasteiger partial charge < -0.3 is 10.1 Å². The van der Waals surface area contributed by atoms with Crippen molar-refractivity contribution in [3.63, 3.8) is 0 Å². The summed E-state index contributed by atoms with van der Waals surface area (Å²) >= 11 is 3.00. The molecule has 0 aromatic heterocycles. The normalized spacial score (nSPS) is 15.0. The predicted molar refractivity (Wildman–Crippen MR) is 131 cm³/mol. The number of hydrogen-bond donors (Lipinski definition) is 1. The van der Waals surface area contributed by atoms with Gasteiger partial charge >= 0.3 is 0 Å². The molecule has 0 bridgehead atoms. The van der Waals surface area contributed by atoms with E-state index >= 15 is 0 Å². The molecule has 3 aromatic carbocycles. The van der Waals surface area contributed by atoms with E-state index < -0.39 is 17.1 Å². The molecule has 1 saturated heterocycles. The molecule has 0 aliphatic carbocycles. The van der Waals surface area contributed by atoms with E-state index in [4.69, 9.17) is 4.74 Å². The number of thioether (sulfide) groups is 1. The molecule has 156 valence electrons. The van der Waals surface area contributed by atoms with E-state index in [1.54, 1.807) is 25.3 Å². The molecular weight excluding hydrogens is 527 g/mol. The molecule has 6 nitrogen and oxygen atoms in total. The molecule has 3 aromatic rings. The predicted octanol–water partition coefficient (Wildman–Crippen LogP) is 5.13. The Hall–Kier alpha value is -2.85. The van der Waals surface area contributed by atoms with Crippen LogP contribution in [0.3, 0.4) is 0 Å². The van der Waals surface area contributed by atoms with Gasteiger partial charge in [0.2, 0.25) is 5.91 Å². The fraction of sp³-hybridized carbons (Fsp3) is 0.0870. The zero-order valence-corrected chi connectivity index (χ0v) is 19.4. The quantitative estimate of drug-likeness (QED) is 0.356. The standard InChI is InChI=1S/C23H17IN2O4S/c1-30-19-11-6-14(17-4-2-3-5-18(17)19)12-20-22(28)26(23(29)31-20)13-21(27)25-16-9-7-15(24)8-10-16/h2-12H,13H2,1H3,(H,25,27)/b20-12+. The van der Waals surface area contributed by atoms with Crippen LogP contribution in [-0.2, 0) is 9.59 Å². The highest BCUT2D eigenvalue weighted by molar-refractivity contribution is 14.1. The largest absolute Gasteiger partial charge is 0.496 e. The van der Waals surface area contributed by atoms with E-state index in [-0.39, 0.29) is 11.4 Å². The fourth-order valence-corrected chi connectivity index (χ4v) is 4.44. The molecular formula is C23H17IN2O4S. The van der Waals surface area contributed by atoms with Crippen molar-refractivity contribution in [2.45, 2.75) is 0 Å². The molecule has 1 heterocycles. The van der Waals surface area contributed by atoms with Crippen molar-refractivity contribution in [2.24, 2.45) is 0 Å². The topological polar surface area (TPSA) is 75.7 Å². The van der Waals surface area contributed by atoms with Crippen molar-refractivity contribution in [3.8, 4) is 5.75 Å². The minimum atomic E-state index is -0.479. The molecule has 4 rings (SSSR count). The first-order chi connectivity index (χ1) is 15.0. The number of nitrogens with one attached hydrogen (secondary N) is 1. The first-order valence-corrected chi connectivity index (χ1v) is 11.2. The first-order valence-electron chi connectivity index (χ1n) is 9.33. The van der Waals surface area contributed by atoms with Crippen molar-refractivity contribution in [1.29, 1.82) is 0 Å². The summed E-state index contributed by atoms with van der Waals surface area (Å²) in [7, 11) is 1.61. The summed E-state index contributed by atoms with van der Waals surface area (Å²) in [5, 5.41) is 4.06. The lowest BCUT2D eigenvalue weighted by Gasteiger charge is -2.12. The van der Waals surface area contributed by atoms with E-state index in [1.807, 2.05) is 48.5 Å². The Morgan fingerprint density at radius 2 is 1.77 bits per heavy atom. The van der Waals surface area contributed by atoms with Gasteiger partial charge in [-0.25, -0.2) is 0 Å². The Balaban J connectivity index is 1.54. The Labute approximate surface area is 196 Å². The van der Waals surface area contributed by atoms with Gasteiger partial charge in [-0.05, 0) is 81.7 Å². The number of ether oxygens (including phenoxy) is 1. The minimum absolute atomic E-state index is 0.280. The van der Waals surface area contributed by atoms with E-state index in [0.717, 1.165) is 42.3 Å². The van der Waals surface area contributed by atoms with Crippen molar-refractivity contribution in [1.82, 2.24) is 4.90 Å². The Kier molecular flexibility index (Phi) is 6.28. The number of fused-ring (bicyclic) bond motifs is 1. The van der Waals surface area contributed by atoms with Crippen LogP contribution in [0.5, 0.6) is 5.75 Å². The lowest BCUT2D eigenvalue weighted by Crippen LogP contribution is -2.36. The summed E-state index contributed by atoms with van der Waals surface area (Å²) in [5.74, 6) is -0.180. The summed E-state index contributed by atoms with van der Waals surface area (Å²) in [4.78, 5) is 38.8. The molecule has 1 aliphatic rings. The van der Waals surface area contributed by atoms with Crippen LogP contribution in [0, 0.1) is 3.57 Å². The Bertz CT molecular complexity index is 1220. The third-order valence-corrected chi connectivity index (χ3v) is 6.35. The number of amides is 3. The lowest BCUT2D eigenvalue weighted by atomic mass is 10.0. The van der Waals surface area contributed by atoms with Crippen LogP contribution in [0.2, 0.25) is 0 Å².